The van der Waals surface area contributed by atoms with Crippen molar-refractivity contribution in [1.82, 2.24) is 0 Å². The first kappa shape index (κ1) is 26.3. The Balaban J connectivity index is -0.000000151. The summed E-state index contributed by atoms with van der Waals surface area (Å²) in [4.78, 5) is 10.4. The molecule has 0 aliphatic carbocycles. The molecule has 0 aromatic heterocycles. The van der Waals surface area contributed by atoms with Crippen molar-refractivity contribution in [2.75, 3.05) is 0 Å². The van der Waals surface area contributed by atoms with Gasteiger partial charge in [0.05, 0.1) is 5.56 Å². The van der Waals surface area contributed by atoms with Gasteiger partial charge in [-0.05, 0) is 24.1 Å². The van der Waals surface area contributed by atoms with E-state index in [1.807, 2.05) is 19.1 Å². The Bertz CT molecular complexity index is 261. The van der Waals surface area contributed by atoms with Gasteiger partial charge in [-0.3, -0.25) is 0 Å². The molecule has 0 amide bonds. The van der Waals surface area contributed by atoms with E-state index in [2.05, 4.69) is 0 Å². The van der Waals surface area contributed by atoms with Crippen LogP contribution in [0.5, 0.6) is 0 Å². The van der Waals surface area contributed by atoms with Crippen LogP contribution in [0.4, 0.5) is 0 Å². The SMILES string of the molecule is CCc1ccc(C(=O)O)cc1.[NaH].[NaH].[NaH].[NaH]. The summed E-state index contributed by atoms with van der Waals surface area (Å²) >= 11 is 0. The third kappa shape index (κ3) is 10.3. The first-order chi connectivity index (χ1) is 5.24. The van der Waals surface area contributed by atoms with E-state index in [4.69, 9.17) is 5.11 Å². The summed E-state index contributed by atoms with van der Waals surface area (Å²) in [5.74, 6) is -0.868. The molecule has 1 rings (SSSR count). The topological polar surface area (TPSA) is 37.3 Å². The van der Waals surface area contributed by atoms with Crippen LogP contribution in [0, 0.1) is 0 Å². The van der Waals surface area contributed by atoms with E-state index in [9.17, 15) is 4.79 Å². The molecule has 0 unspecified atom stereocenters. The number of aromatic carboxylic acids is 1. The van der Waals surface area contributed by atoms with E-state index in [-0.39, 0.29) is 118 Å². The Morgan fingerprint density at radius 2 is 1.47 bits per heavy atom. The summed E-state index contributed by atoms with van der Waals surface area (Å²) in [6, 6.07) is 6.93. The van der Waals surface area contributed by atoms with Crippen LogP contribution in [0.3, 0.4) is 0 Å². The molecule has 0 atom stereocenters. The Morgan fingerprint density at radius 3 is 1.73 bits per heavy atom. The second-order valence-corrected chi connectivity index (χ2v) is 2.36. The van der Waals surface area contributed by atoms with Crippen LogP contribution in [-0.4, -0.2) is 129 Å². The maximum atomic E-state index is 10.4. The van der Waals surface area contributed by atoms with Crippen molar-refractivity contribution in [2.24, 2.45) is 0 Å². The fraction of sp³-hybridized carbons (Fsp3) is 0.222. The quantitative estimate of drug-likeness (QED) is 0.704. The summed E-state index contributed by atoms with van der Waals surface area (Å²) < 4.78 is 0. The molecule has 0 saturated heterocycles. The van der Waals surface area contributed by atoms with Gasteiger partial charge in [0.2, 0.25) is 0 Å². The summed E-state index contributed by atoms with van der Waals surface area (Å²) in [5.41, 5.74) is 1.51. The molecule has 0 bridgehead atoms. The average Bonchev–Trinajstić information content (AvgIpc) is 2.05. The van der Waals surface area contributed by atoms with Crippen LogP contribution < -0.4 is 0 Å². The first-order valence-electron chi connectivity index (χ1n) is 3.56. The summed E-state index contributed by atoms with van der Waals surface area (Å²) in [6.45, 7) is 2.04. The molecular formula is C9H14Na4O2. The minimum atomic E-state index is -0.868. The van der Waals surface area contributed by atoms with Crippen molar-refractivity contribution in [2.45, 2.75) is 13.3 Å². The van der Waals surface area contributed by atoms with Crippen LogP contribution in [0.25, 0.3) is 0 Å². The summed E-state index contributed by atoms with van der Waals surface area (Å²) in [7, 11) is 0. The third-order valence-electron chi connectivity index (χ3n) is 1.61. The molecule has 0 aliphatic heterocycles. The number of benzene rings is 1. The molecule has 0 fully saturated rings. The van der Waals surface area contributed by atoms with E-state index < -0.39 is 5.97 Å². The van der Waals surface area contributed by atoms with Gasteiger partial charge in [0, 0.05) is 0 Å². The van der Waals surface area contributed by atoms with Crippen molar-refractivity contribution >= 4 is 124 Å². The number of hydrogen-bond acceptors (Lipinski definition) is 1. The molecule has 6 heteroatoms. The fourth-order valence-electron chi connectivity index (χ4n) is 0.883. The van der Waals surface area contributed by atoms with E-state index in [0.717, 1.165) is 12.0 Å². The number of carboxylic acid groups (broad SMARTS) is 1. The molecule has 0 aliphatic rings. The van der Waals surface area contributed by atoms with Crippen LogP contribution >= 0.6 is 0 Å². The average molecular weight is 246 g/mol. The molecule has 0 radical (unpaired) electrons. The predicted octanol–water partition coefficient (Wildman–Crippen LogP) is -0.647. The number of hydrogen-bond donors (Lipinski definition) is 1. The van der Waals surface area contributed by atoms with Crippen molar-refractivity contribution in [3.63, 3.8) is 0 Å². The summed E-state index contributed by atoms with van der Waals surface area (Å²) in [5, 5.41) is 8.55. The monoisotopic (exact) mass is 246 g/mol. The molecule has 1 N–H and O–H groups in total. The van der Waals surface area contributed by atoms with E-state index in [1.54, 1.807) is 12.1 Å². The Morgan fingerprint density at radius 1 is 1.07 bits per heavy atom. The van der Waals surface area contributed by atoms with Crippen molar-refractivity contribution < 1.29 is 9.90 Å². The second kappa shape index (κ2) is 14.7. The van der Waals surface area contributed by atoms with E-state index in [1.165, 1.54) is 0 Å². The van der Waals surface area contributed by atoms with E-state index >= 15 is 0 Å². The van der Waals surface area contributed by atoms with Crippen LogP contribution in [0.2, 0.25) is 0 Å². The number of aryl methyl sites for hydroxylation is 1. The van der Waals surface area contributed by atoms with Crippen molar-refractivity contribution in [1.29, 1.82) is 0 Å². The molecule has 15 heavy (non-hydrogen) atoms. The van der Waals surface area contributed by atoms with Gasteiger partial charge in [0.1, 0.15) is 0 Å². The molecule has 2 nitrogen and oxygen atoms in total. The van der Waals surface area contributed by atoms with Gasteiger partial charge >= 0.3 is 124 Å². The van der Waals surface area contributed by atoms with Gasteiger partial charge in [0.15, 0.2) is 0 Å². The molecular weight excluding hydrogens is 232 g/mol. The Labute approximate surface area is 179 Å². The Kier molecular flexibility index (Phi) is 25.9. The first-order valence-corrected chi connectivity index (χ1v) is 3.56. The molecule has 0 spiro atoms. The van der Waals surface area contributed by atoms with Gasteiger partial charge in [0.25, 0.3) is 0 Å². The zero-order chi connectivity index (χ0) is 8.27. The molecule has 1 aromatic rings. The van der Waals surface area contributed by atoms with Gasteiger partial charge in [-0.2, -0.15) is 0 Å². The van der Waals surface area contributed by atoms with Gasteiger partial charge in [-0.1, -0.05) is 19.1 Å². The van der Waals surface area contributed by atoms with Gasteiger partial charge in [-0.15, -0.1) is 0 Å². The zero-order valence-electron chi connectivity index (χ0n) is 6.37. The number of carbonyl (C=O) groups is 1. The van der Waals surface area contributed by atoms with Crippen LogP contribution in [0.1, 0.15) is 22.8 Å². The third-order valence-corrected chi connectivity index (χ3v) is 1.61. The normalized spacial score (nSPS) is 7.00. The van der Waals surface area contributed by atoms with Crippen LogP contribution in [-0.2, 0) is 6.42 Å². The molecule has 66 valence electrons. The van der Waals surface area contributed by atoms with Crippen molar-refractivity contribution in [3.8, 4) is 0 Å². The fourth-order valence-corrected chi connectivity index (χ4v) is 0.883. The van der Waals surface area contributed by atoms with Gasteiger partial charge in [-0.25, -0.2) is 4.79 Å². The molecule has 0 saturated carbocycles. The standard InChI is InChI=1S/C9H10O2.4Na.4H/c1-2-7-3-5-8(6-4-7)9(10)11;;;;;;;;/h3-6H,2H2,1H3,(H,10,11);;;;;;;;. The molecule has 1 aromatic carbocycles. The second-order valence-electron chi connectivity index (χ2n) is 2.36. The van der Waals surface area contributed by atoms with Gasteiger partial charge < -0.3 is 5.11 Å². The maximum absolute atomic E-state index is 10.4. The Hall–Kier alpha value is 2.69. The zero-order valence-corrected chi connectivity index (χ0v) is 6.37. The minimum absolute atomic E-state index is 0. The molecule has 0 heterocycles. The number of carboxylic acids is 1. The van der Waals surface area contributed by atoms with Crippen molar-refractivity contribution in [3.05, 3.63) is 35.4 Å². The van der Waals surface area contributed by atoms with E-state index in [0.29, 0.717) is 5.56 Å². The summed E-state index contributed by atoms with van der Waals surface area (Å²) in [6.07, 6.45) is 0.944. The predicted molar refractivity (Wildman–Crippen MR) is 71.4 cm³/mol. The van der Waals surface area contributed by atoms with Crippen LogP contribution in [0.15, 0.2) is 24.3 Å². The number of rotatable bonds is 2.